The molecule has 11 heteroatoms. The first kappa shape index (κ1) is 19.2. The van der Waals surface area contributed by atoms with E-state index in [0.717, 1.165) is 11.6 Å². The molecule has 0 saturated heterocycles. The molecule has 1 aromatic carbocycles. The van der Waals surface area contributed by atoms with E-state index in [1.165, 1.54) is 6.33 Å². The van der Waals surface area contributed by atoms with Gasteiger partial charge in [-0.3, -0.25) is 4.79 Å². The van der Waals surface area contributed by atoms with Crippen LogP contribution in [0.25, 0.3) is 22.6 Å². The van der Waals surface area contributed by atoms with Crippen molar-refractivity contribution in [3.63, 3.8) is 0 Å². The van der Waals surface area contributed by atoms with E-state index in [-0.39, 0.29) is 30.8 Å². The molecular weight excluding hydrogens is 413 g/mol. The van der Waals surface area contributed by atoms with Crippen molar-refractivity contribution in [2.24, 2.45) is 0 Å². The zero-order chi connectivity index (χ0) is 21.6. The number of aromatic amines is 1. The van der Waals surface area contributed by atoms with E-state index in [1.807, 2.05) is 0 Å². The molecule has 1 saturated carbocycles. The Morgan fingerprint density at radius 1 is 1.19 bits per heavy atom. The number of H-pyrrole nitrogens is 1. The van der Waals surface area contributed by atoms with Gasteiger partial charge in [0.05, 0.1) is 24.6 Å². The number of nitrogens with zero attached hydrogens (tertiary/aromatic N) is 4. The number of carbonyl (C=O) groups excluding carboxylic acids is 1. The molecule has 1 amide bonds. The van der Waals surface area contributed by atoms with Gasteiger partial charge in [0.2, 0.25) is 5.91 Å². The lowest BCUT2D eigenvalue weighted by Crippen LogP contribution is -2.28. The van der Waals surface area contributed by atoms with Crippen LogP contribution in [0.4, 0.5) is 19.0 Å². The number of halogens is 3. The summed E-state index contributed by atoms with van der Waals surface area (Å²) in [6.07, 6.45) is -1.32. The molecule has 3 aromatic heterocycles. The molecule has 0 radical (unpaired) electrons. The fourth-order valence-electron chi connectivity index (χ4n) is 3.38. The van der Waals surface area contributed by atoms with Crippen LogP contribution in [0.15, 0.2) is 47.4 Å². The van der Waals surface area contributed by atoms with Crippen LogP contribution < -0.4 is 5.32 Å². The Hall–Kier alpha value is -3.76. The van der Waals surface area contributed by atoms with Gasteiger partial charge in [-0.15, -0.1) is 0 Å². The standard InChI is InChI=1S/C20H15F3N6O2/c21-20(22,23)19(5-6-19)14-8-15(29-31-14)28-16(30)7-11-1-3-12(4-2-11)13-9-24-17-18(27-13)26-10-25-17/h1-4,8-10H,5-7H2,(H,28,29,30)(H,24,25,26,27). The smallest absolute Gasteiger partial charge is 0.358 e. The Kier molecular flexibility index (Phi) is 4.27. The summed E-state index contributed by atoms with van der Waals surface area (Å²) in [5.74, 6) is -0.716. The van der Waals surface area contributed by atoms with Gasteiger partial charge in [-0.1, -0.05) is 29.4 Å². The van der Waals surface area contributed by atoms with E-state index >= 15 is 0 Å². The summed E-state index contributed by atoms with van der Waals surface area (Å²) >= 11 is 0. The minimum Gasteiger partial charge on any atom is -0.358 e. The van der Waals surface area contributed by atoms with E-state index in [4.69, 9.17) is 4.52 Å². The Balaban J connectivity index is 1.24. The van der Waals surface area contributed by atoms with Gasteiger partial charge in [-0.05, 0) is 18.4 Å². The number of nitrogens with one attached hydrogen (secondary N) is 2. The van der Waals surface area contributed by atoms with Crippen LogP contribution in [0.5, 0.6) is 0 Å². The number of hydrogen-bond acceptors (Lipinski definition) is 6. The molecule has 158 valence electrons. The monoisotopic (exact) mass is 428 g/mol. The summed E-state index contributed by atoms with van der Waals surface area (Å²) in [5, 5.41) is 6.04. The highest BCUT2D eigenvalue weighted by atomic mass is 19.4. The number of imidazole rings is 1. The van der Waals surface area contributed by atoms with Crippen molar-refractivity contribution in [3.8, 4) is 11.3 Å². The summed E-state index contributed by atoms with van der Waals surface area (Å²) in [4.78, 5) is 27.9. The molecule has 31 heavy (non-hydrogen) atoms. The van der Waals surface area contributed by atoms with Crippen LogP contribution in [0.1, 0.15) is 24.2 Å². The third-order valence-electron chi connectivity index (χ3n) is 5.30. The van der Waals surface area contributed by atoms with Crippen LogP contribution in [0.3, 0.4) is 0 Å². The van der Waals surface area contributed by atoms with Gasteiger partial charge in [0, 0.05) is 11.6 Å². The third-order valence-corrected chi connectivity index (χ3v) is 5.30. The maximum atomic E-state index is 13.2. The molecule has 4 aromatic rings. The number of amides is 1. The fourth-order valence-corrected chi connectivity index (χ4v) is 3.38. The predicted octanol–water partition coefficient (Wildman–Crippen LogP) is 3.78. The highest BCUT2D eigenvalue weighted by molar-refractivity contribution is 5.91. The second-order valence-electron chi connectivity index (χ2n) is 7.41. The summed E-state index contributed by atoms with van der Waals surface area (Å²) in [6, 6.07) is 8.29. The van der Waals surface area contributed by atoms with E-state index in [2.05, 4.69) is 30.4 Å². The third kappa shape index (κ3) is 3.51. The molecule has 1 aliphatic rings. The number of aromatic nitrogens is 5. The van der Waals surface area contributed by atoms with Crippen molar-refractivity contribution in [2.45, 2.75) is 30.9 Å². The highest BCUT2D eigenvalue weighted by Gasteiger charge is 2.66. The lowest BCUT2D eigenvalue weighted by atomic mass is 10.0. The number of anilines is 1. The van der Waals surface area contributed by atoms with Gasteiger partial charge in [-0.25, -0.2) is 15.0 Å². The van der Waals surface area contributed by atoms with Crippen LogP contribution in [0, 0.1) is 0 Å². The quantitative estimate of drug-likeness (QED) is 0.501. The first-order valence-corrected chi connectivity index (χ1v) is 9.43. The Bertz CT molecular complexity index is 1260. The largest absolute Gasteiger partial charge is 0.401 e. The molecule has 0 bridgehead atoms. The van der Waals surface area contributed by atoms with Crippen LogP contribution in [-0.4, -0.2) is 37.2 Å². The first-order chi connectivity index (χ1) is 14.8. The summed E-state index contributed by atoms with van der Waals surface area (Å²) in [5.41, 5.74) is 1.30. The minimum atomic E-state index is -4.40. The molecular formula is C20H15F3N6O2. The molecule has 0 spiro atoms. The molecule has 8 nitrogen and oxygen atoms in total. The lowest BCUT2D eigenvalue weighted by Gasteiger charge is -2.14. The second kappa shape index (κ2) is 6.89. The van der Waals surface area contributed by atoms with Gasteiger partial charge in [0.25, 0.3) is 0 Å². The number of fused-ring (bicyclic) bond motifs is 1. The predicted molar refractivity (Wildman–Crippen MR) is 103 cm³/mol. The van der Waals surface area contributed by atoms with Crippen molar-refractivity contribution in [1.82, 2.24) is 25.1 Å². The maximum Gasteiger partial charge on any atom is 0.401 e. The van der Waals surface area contributed by atoms with Crippen molar-refractivity contribution < 1.29 is 22.5 Å². The van der Waals surface area contributed by atoms with Crippen molar-refractivity contribution in [1.29, 1.82) is 0 Å². The molecule has 1 aliphatic carbocycles. The Morgan fingerprint density at radius 3 is 2.68 bits per heavy atom. The van der Waals surface area contributed by atoms with Gasteiger partial charge < -0.3 is 14.8 Å². The SMILES string of the molecule is O=C(Cc1ccc(-c2cnc3[nH]cnc3n2)cc1)Nc1cc(C2(C(F)(F)F)CC2)on1. The van der Waals surface area contributed by atoms with Crippen molar-refractivity contribution in [2.75, 3.05) is 5.32 Å². The van der Waals surface area contributed by atoms with Crippen LogP contribution in [0.2, 0.25) is 0 Å². The number of hydrogen-bond donors (Lipinski definition) is 2. The molecule has 3 heterocycles. The number of benzene rings is 1. The van der Waals surface area contributed by atoms with E-state index < -0.39 is 17.5 Å². The number of rotatable bonds is 5. The highest BCUT2D eigenvalue weighted by Crippen LogP contribution is 2.59. The molecule has 5 rings (SSSR count). The summed E-state index contributed by atoms with van der Waals surface area (Å²) < 4.78 is 44.4. The average Bonchev–Trinajstić information content (AvgIpc) is 3.22. The average molecular weight is 428 g/mol. The van der Waals surface area contributed by atoms with Crippen LogP contribution in [-0.2, 0) is 16.6 Å². The summed E-state index contributed by atoms with van der Waals surface area (Å²) in [7, 11) is 0. The van der Waals surface area contributed by atoms with Gasteiger partial charge in [0.15, 0.2) is 22.9 Å². The van der Waals surface area contributed by atoms with Crippen molar-refractivity contribution >= 4 is 23.0 Å². The molecule has 0 unspecified atom stereocenters. The Morgan fingerprint density at radius 2 is 1.97 bits per heavy atom. The minimum absolute atomic E-state index is 0.0248. The van der Waals surface area contributed by atoms with Gasteiger partial charge in [0.1, 0.15) is 5.41 Å². The van der Waals surface area contributed by atoms with E-state index in [0.29, 0.717) is 22.6 Å². The molecule has 0 atom stereocenters. The zero-order valence-electron chi connectivity index (χ0n) is 15.9. The van der Waals surface area contributed by atoms with Gasteiger partial charge in [-0.2, -0.15) is 13.2 Å². The normalized spacial score (nSPS) is 15.2. The topological polar surface area (TPSA) is 110 Å². The van der Waals surface area contributed by atoms with E-state index in [9.17, 15) is 18.0 Å². The lowest BCUT2D eigenvalue weighted by molar-refractivity contribution is -0.165. The molecule has 0 aliphatic heterocycles. The van der Waals surface area contributed by atoms with Crippen molar-refractivity contribution in [3.05, 3.63) is 54.2 Å². The Labute approximate surface area is 172 Å². The number of alkyl halides is 3. The first-order valence-electron chi connectivity index (χ1n) is 9.43. The zero-order valence-corrected chi connectivity index (χ0v) is 15.9. The fraction of sp³-hybridized carbons (Fsp3) is 0.250. The van der Waals surface area contributed by atoms with Crippen LogP contribution >= 0.6 is 0 Å². The molecule has 1 fully saturated rings. The van der Waals surface area contributed by atoms with E-state index in [1.54, 1.807) is 30.5 Å². The maximum absolute atomic E-state index is 13.2. The number of carbonyl (C=O) groups is 1. The van der Waals surface area contributed by atoms with Gasteiger partial charge >= 0.3 is 6.18 Å². The summed E-state index contributed by atoms with van der Waals surface area (Å²) in [6.45, 7) is 0. The molecule has 2 N–H and O–H groups in total. The second-order valence-corrected chi connectivity index (χ2v) is 7.41.